The van der Waals surface area contributed by atoms with Gasteiger partial charge >= 0.3 is 0 Å². The number of hydrogen-bond acceptors (Lipinski definition) is 5. The fraction of sp³-hybridized carbons (Fsp3) is 0.400. The van der Waals surface area contributed by atoms with Crippen molar-refractivity contribution in [3.05, 3.63) is 65.2 Å². The summed E-state index contributed by atoms with van der Waals surface area (Å²) >= 11 is 0. The van der Waals surface area contributed by atoms with E-state index in [1.54, 1.807) is 6.08 Å². The number of fused-ring (bicyclic) bond motifs is 1. The normalized spacial score (nSPS) is 18.0. The van der Waals surface area contributed by atoms with Crippen LogP contribution in [-0.2, 0) is 20.0 Å². The van der Waals surface area contributed by atoms with E-state index in [-0.39, 0.29) is 11.2 Å². The summed E-state index contributed by atoms with van der Waals surface area (Å²) in [7, 11) is -3.42. The van der Waals surface area contributed by atoms with Crippen LogP contribution < -0.4 is 4.90 Å². The van der Waals surface area contributed by atoms with E-state index in [9.17, 15) is 8.42 Å². The molecule has 0 unspecified atom stereocenters. The largest absolute Gasteiger partial charge is 0.463 e. The second-order valence-electron chi connectivity index (χ2n) is 8.81. The van der Waals surface area contributed by atoms with Crippen LogP contribution in [0.5, 0.6) is 0 Å². The van der Waals surface area contributed by atoms with Gasteiger partial charge in [-0.3, -0.25) is 4.90 Å². The van der Waals surface area contributed by atoms with Crippen LogP contribution in [0.4, 0.5) is 5.69 Å². The summed E-state index contributed by atoms with van der Waals surface area (Å²) < 4.78 is 32.3. The van der Waals surface area contributed by atoms with Crippen molar-refractivity contribution in [3.63, 3.8) is 0 Å². The van der Waals surface area contributed by atoms with Gasteiger partial charge in [0.25, 0.3) is 6.02 Å². The number of ether oxygens (including phenoxy) is 1. The van der Waals surface area contributed by atoms with Crippen LogP contribution in [-0.4, -0.2) is 39.9 Å². The molecule has 0 spiro atoms. The molecular weight excluding hydrogens is 408 g/mol. The molecule has 5 nitrogen and oxygen atoms in total. The second-order valence-corrected chi connectivity index (χ2v) is 10.9. The fourth-order valence-electron chi connectivity index (χ4n) is 4.19. The Hall–Kier alpha value is -2.60. The zero-order chi connectivity index (χ0) is 22.1. The molecule has 0 bridgehead atoms. The molecule has 0 N–H and O–H groups in total. The highest BCUT2D eigenvalue weighted by Crippen LogP contribution is 2.43. The van der Waals surface area contributed by atoms with E-state index in [0.717, 1.165) is 35.3 Å². The maximum absolute atomic E-state index is 13.3. The number of aliphatic imine (C=N–C) groups is 1. The highest BCUT2D eigenvalue weighted by molar-refractivity contribution is 8.00. The third kappa shape index (κ3) is 4.40. The predicted molar refractivity (Wildman–Crippen MR) is 128 cm³/mol. The number of sulfone groups is 1. The Bertz CT molecular complexity index is 1120. The van der Waals surface area contributed by atoms with Crippen molar-refractivity contribution < 1.29 is 13.2 Å². The first-order valence-electron chi connectivity index (χ1n) is 10.9. The first-order chi connectivity index (χ1) is 14.8. The standard InChI is InChI=1S/C25H30N2O3S/c1-4-5-15-31(28,29)23(16-19-9-7-6-8-10-19)20-11-12-22-21(17-20)25(2,3)18-27(22)24-26-13-14-30-24/h6-12,16-17H,4-5,13-15,18H2,1-3H3. The average Bonchev–Trinajstić information content (AvgIpc) is 3.37. The summed E-state index contributed by atoms with van der Waals surface area (Å²) in [5.41, 5.74) is 3.63. The molecule has 2 aliphatic rings. The summed E-state index contributed by atoms with van der Waals surface area (Å²) in [4.78, 5) is 6.98. The molecular formula is C25H30N2O3S. The fourth-order valence-corrected chi connectivity index (χ4v) is 5.88. The number of nitrogens with zero attached hydrogens (tertiary/aromatic N) is 2. The van der Waals surface area contributed by atoms with Gasteiger partial charge in [0.2, 0.25) is 0 Å². The van der Waals surface area contributed by atoms with Gasteiger partial charge < -0.3 is 4.74 Å². The van der Waals surface area contributed by atoms with Gasteiger partial charge in [-0.05, 0) is 41.3 Å². The van der Waals surface area contributed by atoms with Gasteiger partial charge in [0.05, 0.1) is 17.2 Å². The van der Waals surface area contributed by atoms with E-state index in [0.29, 0.717) is 30.5 Å². The molecule has 6 heteroatoms. The van der Waals surface area contributed by atoms with Crippen molar-refractivity contribution in [2.75, 3.05) is 30.3 Å². The van der Waals surface area contributed by atoms with Crippen LogP contribution in [0.2, 0.25) is 0 Å². The van der Waals surface area contributed by atoms with Crippen molar-refractivity contribution in [1.29, 1.82) is 0 Å². The van der Waals surface area contributed by atoms with Crippen LogP contribution in [0, 0.1) is 0 Å². The van der Waals surface area contributed by atoms with Crippen LogP contribution >= 0.6 is 0 Å². The SMILES string of the molecule is CCCCS(=O)(=O)C(=Cc1ccccc1)c1ccc2c(c1)C(C)(C)CN2C1=NCCO1. The van der Waals surface area contributed by atoms with Crippen LogP contribution in [0.15, 0.2) is 53.5 Å². The number of rotatable bonds is 6. The number of unbranched alkanes of at least 4 members (excludes halogenated alkanes) is 1. The minimum absolute atomic E-state index is 0.148. The Morgan fingerprint density at radius 2 is 1.97 bits per heavy atom. The third-order valence-corrected chi connectivity index (χ3v) is 7.70. The lowest BCUT2D eigenvalue weighted by molar-refractivity contribution is 0.337. The van der Waals surface area contributed by atoms with Gasteiger partial charge in [0.1, 0.15) is 6.61 Å². The van der Waals surface area contributed by atoms with E-state index in [4.69, 9.17) is 4.74 Å². The monoisotopic (exact) mass is 438 g/mol. The zero-order valence-corrected chi connectivity index (χ0v) is 19.3. The molecule has 0 atom stereocenters. The number of amidine groups is 1. The molecule has 164 valence electrons. The van der Waals surface area contributed by atoms with Gasteiger partial charge in [-0.15, -0.1) is 0 Å². The van der Waals surface area contributed by atoms with Crippen molar-refractivity contribution in [2.24, 2.45) is 4.99 Å². The molecule has 2 heterocycles. The molecule has 31 heavy (non-hydrogen) atoms. The molecule has 2 aromatic rings. The summed E-state index contributed by atoms with van der Waals surface area (Å²) in [6.07, 6.45) is 3.29. The summed E-state index contributed by atoms with van der Waals surface area (Å²) in [5.74, 6) is 0.152. The molecule has 0 fully saturated rings. The lowest BCUT2D eigenvalue weighted by atomic mass is 9.86. The maximum Gasteiger partial charge on any atom is 0.292 e. The van der Waals surface area contributed by atoms with Gasteiger partial charge in [0, 0.05) is 17.6 Å². The van der Waals surface area contributed by atoms with Crippen molar-refractivity contribution >= 4 is 32.5 Å². The van der Waals surface area contributed by atoms with Crippen LogP contribution in [0.25, 0.3) is 11.0 Å². The van der Waals surface area contributed by atoms with Crippen molar-refractivity contribution in [3.8, 4) is 0 Å². The Labute approximate surface area is 185 Å². The van der Waals surface area contributed by atoms with E-state index < -0.39 is 9.84 Å². The van der Waals surface area contributed by atoms with Gasteiger partial charge in [0.15, 0.2) is 9.84 Å². The minimum Gasteiger partial charge on any atom is -0.463 e. The van der Waals surface area contributed by atoms with E-state index in [1.807, 2.05) is 55.5 Å². The van der Waals surface area contributed by atoms with E-state index in [1.165, 1.54) is 0 Å². The summed E-state index contributed by atoms with van der Waals surface area (Å²) in [6.45, 7) is 8.41. The van der Waals surface area contributed by atoms with Gasteiger partial charge in [-0.25, -0.2) is 13.4 Å². The van der Waals surface area contributed by atoms with Crippen LogP contribution in [0.1, 0.15) is 50.3 Å². The first kappa shape index (κ1) is 21.6. The van der Waals surface area contributed by atoms with Crippen molar-refractivity contribution in [2.45, 2.75) is 39.0 Å². The molecule has 0 radical (unpaired) electrons. The molecule has 0 aliphatic carbocycles. The second kappa shape index (κ2) is 8.50. The molecule has 0 saturated carbocycles. The van der Waals surface area contributed by atoms with Gasteiger partial charge in [-0.2, -0.15) is 0 Å². The number of anilines is 1. The summed E-state index contributed by atoms with van der Waals surface area (Å²) in [5, 5.41) is 0. The topological polar surface area (TPSA) is 59.0 Å². The van der Waals surface area contributed by atoms with Crippen LogP contribution in [0.3, 0.4) is 0 Å². The third-order valence-electron chi connectivity index (χ3n) is 5.85. The molecule has 0 saturated heterocycles. The highest BCUT2D eigenvalue weighted by Gasteiger charge is 2.39. The lowest BCUT2D eigenvalue weighted by Crippen LogP contribution is -2.34. The Balaban J connectivity index is 1.81. The quantitative estimate of drug-likeness (QED) is 0.603. The predicted octanol–water partition coefficient (Wildman–Crippen LogP) is 4.88. The Morgan fingerprint density at radius 3 is 2.65 bits per heavy atom. The smallest absolute Gasteiger partial charge is 0.292 e. The lowest BCUT2D eigenvalue weighted by Gasteiger charge is -2.21. The number of hydrogen-bond donors (Lipinski definition) is 0. The highest BCUT2D eigenvalue weighted by atomic mass is 32.2. The van der Waals surface area contributed by atoms with Crippen molar-refractivity contribution in [1.82, 2.24) is 0 Å². The summed E-state index contributed by atoms with van der Waals surface area (Å²) in [6, 6.07) is 16.3. The molecule has 0 amide bonds. The van der Waals surface area contributed by atoms with E-state index in [2.05, 4.69) is 23.7 Å². The zero-order valence-electron chi connectivity index (χ0n) is 18.5. The average molecular weight is 439 g/mol. The van der Waals surface area contributed by atoms with Gasteiger partial charge in [-0.1, -0.05) is 63.6 Å². The maximum atomic E-state index is 13.3. The number of benzene rings is 2. The van der Waals surface area contributed by atoms with E-state index >= 15 is 0 Å². The molecule has 0 aromatic heterocycles. The minimum atomic E-state index is -3.42. The molecule has 2 aliphatic heterocycles. The molecule has 4 rings (SSSR count). The first-order valence-corrected chi connectivity index (χ1v) is 12.6. The Kier molecular flexibility index (Phi) is 5.93. The Morgan fingerprint density at radius 1 is 1.19 bits per heavy atom. The molecule has 2 aromatic carbocycles.